The van der Waals surface area contributed by atoms with Crippen molar-refractivity contribution in [2.75, 3.05) is 11.1 Å². The summed E-state index contributed by atoms with van der Waals surface area (Å²) in [6, 6.07) is 3.83. The molecule has 0 aromatic carbocycles. The Kier molecular flexibility index (Phi) is 2.53. The summed E-state index contributed by atoms with van der Waals surface area (Å²) in [5, 5.41) is 3.05. The molecule has 0 saturated carbocycles. The smallest absolute Gasteiger partial charge is 0.169 e. The van der Waals surface area contributed by atoms with Crippen LogP contribution in [0.1, 0.15) is 11.5 Å². The number of aromatic nitrogens is 2. The SMILES string of the molecule is Cc1ccc(CNc2nccnc2N)o1. The highest BCUT2D eigenvalue weighted by molar-refractivity contribution is 5.54. The van der Waals surface area contributed by atoms with Crippen LogP contribution in [0.15, 0.2) is 28.9 Å². The van der Waals surface area contributed by atoms with Crippen molar-refractivity contribution in [1.82, 2.24) is 9.97 Å². The fourth-order valence-corrected chi connectivity index (χ4v) is 1.24. The number of nitrogen functional groups attached to an aromatic ring is 1. The van der Waals surface area contributed by atoms with Crippen molar-refractivity contribution in [3.8, 4) is 0 Å². The van der Waals surface area contributed by atoms with Crippen LogP contribution in [0.5, 0.6) is 0 Å². The van der Waals surface area contributed by atoms with Crippen LogP contribution < -0.4 is 11.1 Å². The molecular formula is C10H12N4O. The minimum absolute atomic E-state index is 0.390. The van der Waals surface area contributed by atoms with Crippen LogP contribution in [0.2, 0.25) is 0 Å². The van der Waals surface area contributed by atoms with Gasteiger partial charge in [-0.3, -0.25) is 0 Å². The van der Waals surface area contributed by atoms with Crippen molar-refractivity contribution in [1.29, 1.82) is 0 Å². The second kappa shape index (κ2) is 4.00. The second-order valence-electron chi connectivity index (χ2n) is 3.16. The van der Waals surface area contributed by atoms with E-state index in [0.29, 0.717) is 18.2 Å². The van der Waals surface area contributed by atoms with E-state index in [0.717, 1.165) is 11.5 Å². The minimum atomic E-state index is 0.390. The Bertz CT molecular complexity index is 452. The molecule has 0 bridgehead atoms. The zero-order valence-corrected chi connectivity index (χ0v) is 8.40. The average Bonchev–Trinajstić information content (AvgIpc) is 2.63. The molecule has 0 spiro atoms. The summed E-state index contributed by atoms with van der Waals surface area (Å²) in [5.74, 6) is 2.70. The van der Waals surface area contributed by atoms with Gasteiger partial charge in [0.15, 0.2) is 11.6 Å². The van der Waals surface area contributed by atoms with E-state index < -0.39 is 0 Å². The van der Waals surface area contributed by atoms with E-state index in [1.165, 1.54) is 0 Å². The van der Waals surface area contributed by atoms with Crippen molar-refractivity contribution in [3.05, 3.63) is 36.0 Å². The summed E-state index contributed by atoms with van der Waals surface area (Å²) in [6.45, 7) is 2.46. The number of furan rings is 1. The molecular weight excluding hydrogens is 192 g/mol. The summed E-state index contributed by atoms with van der Waals surface area (Å²) in [7, 11) is 0. The zero-order valence-electron chi connectivity index (χ0n) is 8.40. The Morgan fingerprint density at radius 3 is 2.80 bits per heavy atom. The van der Waals surface area contributed by atoms with Crippen LogP contribution >= 0.6 is 0 Å². The lowest BCUT2D eigenvalue weighted by atomic mass is 10.4. The lowest BCUT2D eigenvalue weighted by molar-refractivity contribution is 0.490. The first kappa shape index (κ1) is 9.51. The Balaban J connectivity index is 2.02. The van der Waals surface area contributed by atoms with E-state index in [-0.39, 0.29) is 0 Å². The molecule has 0 atom stereocenters. The number of anilines is 2. The molecule has 2 aromatic heterocycles. The van der Waals surface area contributed by atoms with Gasteiger partial charge in [0.1, 0.15) is 11.5 Å². The molecule has 0 amide bonds. The number of nitrogens with zero attached hydrogens (tertiary/aromatic N) is 2. The monoisotopic (exact) mass is 204 g/mol. The van der Waals surface area contributed by atoms with Gasteiger partial charge in [-0.15, -0.1) is 0 Å². The van der Waals surface area contributed by atoms with Gasteiger partial charge in [-0.2, -0.15) is 0 Å². The van der Waals surface area contributed by atoms with Crippen LogP contribution in [-0.2, 0) is 6.54 Å². The lowest BCUT2D eigenvalue weighted by Gasteiger charge is -2.04. The van der Waals surface area contributed by atoms with E-state index in [2.05, 4.69) is 15.3 Å². The maximum atomic E-state index is 5.62. The normalized spacial score (nSPS) is 10.2. The first-order valence-electron chi connectivity index (χ1n) is 4.61. The number of hydrogen-bond acceptors (Lipinski definition) is 5. The van der Waals surface area contributed by atoms with Gasteiger partial charge >= 0.3 is 0 Å². The van der Waals surface area contributed by atoms with Crippen LogP contribution in [0, 0.1) is 6.92 Å². The standard InChI is InChI=1S/C10H12N4O/c1-7-2-3-8(15-7)6-14-10-9(11)12-4-5-13-10/h2-5H,6H2,1H3,(H2,11,12)(H,13,14). The molecule has 0 aliphatic carbocycles. The summed E-state index contributed by atoms with van der Waals surface area (Å²) >= 11 is 0. The molecule has 5 heteroatoms. The van der Waals surface area contributed by atoms with Crippen LogP contribution in [-0.4, -0.2) is 9.97 Å². The molecule has 3 N–H and O–H groups in total. The van der Waals surface area contributed by atoms with Gasteiger partial charge in [-0.25, -0.2) is 9.97 Å². The number of nitrogens with two attached hydrogens (primary N) is 1. The Labute approximate surface area is 87.3 Å². The summed E-state index contributed by atoms with van der Waals surface area (Å²) in [6.07, 6.45) is 3.14. The Hall–Kier alpha value is -2.04. The van der Waals surface area contributed by atoms with E-state index in [4.69, 9.17) is 10.2 Å². The van der Waals surface area contributed by atoms with E-state index in [9.17, 15) is 0 Å². The molecule has 2 heterocycles. The van der Waals surface area contributed by atoms with Gasteiger partial charge in [0, 0.05) is 12.4 Å². The number of rotatable bonds is 3. The van der Waals surface area contributed by atoms with Crippen LogP contribution in [0.3, 0.4) is 0 Å². The topological polar surface area (TPSA) is 77.0 Å². The predicted molar refractivity (Wildman–Crippen MR) is 57.2 cm³/mol. The van der Waals surface area contributed by atoms with E-state index in [1.807, 2.05) is 19.1 Å². The molecule has 0 saturated heterocycles. The fraction of sp³-hybridized carbons (Fsp3) is 0.200. The molecule has 5 nitrogen and oxygen atoms in total. The Morgan fingerprint density at radius 2 is 2.13 bits per heavy atom. The summed E-state index contributed by atoms with van der Waals surface area (Å²) in [4.78, 5) is 7.98. The lowest BCUT2D eigenvalue weighted by Crippen LogP contribution is -2.04. The largest absolute Gasteiger partial charge is 0.465 e. The molecule has 0 aliphatic rings. The average molecular weight is 204 g/mol. The maximum absolute atomic E-state index is 5.62. The molecule has 0 fully saturated rings. The van der Waals surface area contributed by atoms with Crippen molar-refractivity contribution in [3.63, 3.8) is 0 Å². The number of nitrogens with one attached hydrogen (secondary N) is 1. The molecule has 0 aliphatic heterocycles. The maximum Gasteiger partial charge on any atom is 0.169 e. The van der Waals surface area contributed by atoms with Gasteiger partial charge in [-0.1, -0.05) is 0 Å². The molecule has 78 valence electrons. The van der Waals surface area contributed by atoms with Crippen molar-refractivity contribution >= 4 is 11.6 Å². The van der Waals surface area contributed by atoms with E-state index >= 15 is 0 Å². The molecule has 0 radical (unpaired) electrons. The third kappa shape index (κ3) is 2.25. The molecule has 0 unspecified atom stereocenters. The quantitative estimate of drug-likeness (QED) is 0.793. The third-order valence-corrected chi connectivity index (χ3v) is 1.95. The highest BCUT2D eigenvalue weighted by Gasteiger charge is 2.02. The highest BCUT2D eigenvalue weighted by atomic mass is 16.3. The van der Waals surface area contributed by atoms with Crippen LogP contribution in [0.25, 0.3) is 0 Å². The minimum Gasteiger partial charge on any atom is -0.465 e. The van der Waals surface area contributed by atoms with Crippen molar-refractivity contribution in [2.24, 2.45) is 0 Å². The van der Waals surface area contributed by atoms with Gasteiger partial charge in [0.05, 0.1) is 6.54 Å². The third-order valence-electron chi connectivity index (χ3n) is 1.95. The van der Waals surface area contributed by atoms with Crippen LogP contribution in [0.4, 0.5) is 11.6 Å². The van der Waals surface area contributed by atoms with E-state index in [1.54, 1.807) is 12.4 Å². The van der Waals surface area contributed by atoms with Crippen molar-refractivity contribution < 1.29 is 4.42 Å². The number of hydrogen-bond donors (Lipinski definition) is 2. The molecule has 2 aromatic rings. The summed E-state index contributed by atoms with van der Waals surface area (Å²) in [5.41, 5.74) is 5.62. The number of aryl methyl sites for hydroxylation is 1. The van der Waals surface area contributed by atoms with Gasteiger partial charge in [-0.05, 0) is 19.1 Å². The second-order valence-corrected chi connectivity index (χ2v) is 3.16. The van der Waals surface area contributed by atoms with Gasteiger partial charge in [0.2, 0.25) is 0 Å². The van der Waals surface area contributed by atoms with Crippen molar-refractivity contribution in [2.45, 2.75) is 13.5 Å². The molecule has 2 rings (SSSR count). The van der Waals surface area contributed by atoms with Gasteiger partial charge < -0.3 is 15.5 Å². The zero-order chi connectivity index (χ0) is 10.7. The summed E-state index contributed by atoms with van der Waals surface area (Å²) < 4.78 is 5.39. The Morgan fingerprint density at radius 1 is 1.33 bits per heavy atom. The predicted octanol–water partition coefficient (Wildman–Crippen LogP) is 1.57. The fourth-order valence-electron chi connectivity index (χ4n) is 1.24. The molecule has 15 heavy (non-hydrogen) atoms. The highest BCUT2D eigenvalue weighted by Crippen LogP contribution is 2.12. The first-order valence-corrected chi connectivity index (χ1v) is 4.61. The first-order chi connectivity index (χ1) is 7.25. The van der Waals surface area contributed by atoms with Gasteiger partial charge in [0.25, 0.3) is 0 Å².